The molecule has 0 aliphatic heterocycles. The second-order valence-electron chi connectivity index (χ2n) is 4.43. The van der Waals surface area contributed by atoms with Gasteiger partial charge in [-0.1, -0.05) is 24.3 Å². The first-order valence-corrected chi connectivity index (χ1v) is 7.35. The lowest BCUT2D eigenvalue weighted by Gasteiger charge is -2.03. The number of aldehydes is 1. The lowest BCUT2D eigenvalue weighted by atomic mass is 10.1. The van der Waals surface area contributed by atoms with Gasteiger partial charge in [-0.3, -0.25) is 4.79 Å². The molecule has 0 saturated carbocycles. The molecule has 1 N–H and O–H groups in total. The third-order valence-corrected chi connectivity index (χ3v) is 3.07. The predicted octanol–water partition coefficient (Wildman–Crippen LogP) is 3.47. The van der Waals surface area contributed by atoms with Crippen molar-refractivity contribution in [3.8, 4) is 22.8 Å². The van der Waals surface area contributed by atoms with Crippen LogP contribution >= 0.6 is 0 Å². The minimum absolute atomic E-state index is 0.588. The molecule has 0 unspecified atom stereocenters. The van der Waals surface area contributed by atoms with Crippen molar-refractivity contribution in [3.05, 3.63) is 66.7 Å². The van der Waals surface area contributed by atoms with Gasteiger partial charge in [0.2, 0.25) is 0 Å². The Labute approximate surface area is 146 Å². The van der Waals surface area contributed by atoms with E-state index < -0.39 is 0 Å². The van der Waals surface area contributed by atoms with E-state index in [0.29, 0.717) is 11.3 Å². The number of oxazole rings is 1. The number of carbonyl (C=O) groups excluding carboxylic acids is 1. The third kappa shape index (κ3) is 5.78. The Balaban J connectivity index is 0.000000235. The number of aliphatic hydroxyl groups excluding tert-OH is 1. The summed E-state index contributed by atoms with van der Waals surface area (Å²) in [4.78, 5) is 14.2. The molecule has 0 saturated heterocycles. The molecular formula is C19H21NO5. The van der Waals surface area contributed by atoms with Crippen molar-refractivity contribution >= 4 is 6.29 Å². The van der Waals surface area contributed by atoms with E-state index >= 15 is 0 Å². The van der Waals surface area contributed by atoms with Crippen LogP contribution in [0.1, 0.15) is 10.4 Å². The molecular weight excluding hydrogens is 322 g/mol. The molecule has 0 aliphatic carbocycles. The molecule has 1 heterocycles. The van der Waals surface area contributed by atoms with E-state index in [2.05, 4.69) is 4.98 Å². The largest absolute Gasteiger partial charge is 0.496 e. The molecule has 3 rings (SSSR count). The average Bonchev–Trinajstić information content (AvgIpc) is 3.24. The summed E-state index contributed by atoms with van der Waals surface area (Å²) in [7, 11) is 4.18. The molecule has 6 heteroatoms. The van der Waals surface area contributed by atoms with Crippen LogP contribution in [0.15, 0.2) is 65.5 Å². The average molecular weight is 343 g/mol. The zero-order valence-electron chi connectivity index (χ0n) is 14.4. The van der Waals surface area contributed by atoms with Crippen LogP contribution in [0.5, 0.6) is 11.5 Å². The topological polar surface area (TPSA) is 81.8 Å². The van der Waals surface area contributed by atoms with Gasteiger partial charge in [-0.2, -0.15) is 0 Å². The van der Waals surface area contributed by atoms with E-state index in [4.69, 9.17) is 19.0 Å². The van der Waals surface area contributed by atoms with Gasteiger partial charge in [0.25, 0.3) is 0 Å². The molecule has 0 atom stereocenters. The van der Waals surface area contributed by atoms with Crippen LogP contribution in [0.4, 0.5) is 0 Å². The highest BCUT2D eigenvalue weighted by molar-refractivity contribution is 5.79. The summed E-state index contributed by atoms with van der Waals surface area (Å²) in [6.45, 7) is 0. The molecule has 6 nitrogen and oxygen atoms in total. The zero-order valence-corrected chi connectivity index (χ0v) is 14.4. The van der Waals surface area contributed by atoms with Crippen molar-refractivity contribution in [1.82, 2.24) is 4.98 Å². The number of para-hydroxylation sites is 2. The first kappa shape index (κ1) is 19.9. The fourth-order valence-corrected chi connectivity index (χ4v) is 1.96. The monoisotopic (exact) mass is 343 g/mol. The minimum atomic E-state index is 0.588. The van der Waals surface area contributed by atoms with Gasteiger partial charge in [0.1, 0.15) is 11.5 Å². The van der Waals surface area contributed by atoms with Crippen molar-refractivity contribution in [1.29, 1.82) is 0 Å². The molecule has 25 heavy (non-hydrogen) atoms. The van der Waals surface area contributed by atoms with Crippen molar-refractivity contribution in [2.45, 2.75) is 0 Å². The minimum Gasteiger partial charge on any atom is -0.496 e. The van der Waals surface area contributed by atoms with Crippen LogP contribution in [0.25, 0.3) is 11.3 Å². The van der Waals surface area contributed by atoms with Gasteiger partial charge < -0.3 is 19.0 Å². The number of nitrogens with zero attached hydrogens (tertiary/aromatic N) is 1. The summed E-state index contributed by atoms with van der Waals surface area (Å²) in [6, 6.07) is 14.8. The number of aliphatic hydroxyl groups is 1. The van der Waals surface area contributed by atoms with Crippen LogP contribution in [-0.4, -0.2) is 37.7 Å². The van der Waals surface area contributed by atoms with Gasteiger partial charge in [-0.25, -0.2) is 4.98 Å². The molecule has 0 aliphatic rings. The highest BCUT2D eigenvalue weighted by atomic mass is 16.5. The van der Waals surface area contributed by atoms with Gasteiger partial charge in [0.05, 0.1) is 31.5 Å². The fourth-order valence-electron chi connectivity index (χ4n) is 1.96. The summed E-state index contributed by atoms with van der Waals surface area (Å²) in [5.41, 5.74) is 1.51. The smallest absolute Gasteiger partial charge is 0.181 e. The van der Waals surface area contributed by atoms with Crippen molar-refractivity contribution in [2.75, 3.05) is 21.3 Å². The summed E-state index contributed by atoms with van der Waals surface area (Å²) < 4.78 is 15.3. The first-order chi connectivity index (χ1) is 12.3. The molecule has 0 spiro atoms. The van der Waals surface area contributed by atoms with Gasteiger partial charge in [-0.05, 0) is 24.3 Å². The lowest BCUT2D eigenvalue weighted by Crippen LogP contribution is -1.88. The Bertz CT molecular complexity index is 741. The number of benzene rings is 2. The Morgan fingerprint density at radius 3 is 2.08 bits per heavy atom. The number of rotatable bonds is 4. The number of methoxy groups -OCH3 is 2. The van der Waals surface area contributed by atoms with Gasteiger partial charge >= 0.3 is 0 Å². The molecule has 0 amide bonds. The first-order valence-electron chi connectivity index (χ1n) is 7.35. The highest BCUT2D eigenvalue weighted by Gasteiger charge is 2.06. The van der Waals surface area contributed by atoms with Crippen LogP contribution in [0.2, 0.25) is 0 Å². The molecule has 132 valence electrons. The maximum Gasteiger partial charge on any atom is 0.181 e. The van der Waals surface area contributed by atoms with Crippen molar-refractivity contribution in [3.63, 3.8) is 0 Å². The molecule has 1 aromatic heterocycles. The normalized spacial score (nSPS) is 8.96. The number of carbonyl (C=O) groups is 1. The number of hydrogen-bond donors (Lipinski definition) is 1. The van der Waals surface area contributed by atoms with E-state index in [1.807, 2.05) is 30.3 Å². The van der Waals surface area contributed by atoms with Gasteiger partial charge in [-0.15, -0.1) is 0 Å². The van der Waals surface area contributed by atoms with E-state index in [1.165, 1.54) is 6.39 Å². The fraction of sp³-hybridized carbons (Fsp3) is 0.158. The standard InChI is InChI=1S/C10H9NO2.C8H8O2.CH4O/c1-12-9-5-3-2-4-8(9)10-6-11-7-13-10;1-10-8-5-3-2-4-7(8)6-9;1-2/h2-7H,1H3;2-6H,1H3;2H,1H3. The Kier molecular flexibility index (Phi) is 9.10. The van der Waals surface area contributed by atoms with Crippen molar-refractivity contribution < 1.29 is 23.8 Å². The second kappa shape index (κ2) is 11.4. The van der Waals surface area contributed by atoms with E-state index in [1.54, 1.807) is 38.6 Å². The Morgan fingerprint density at radius 2 is 1.56 bits per heavy atom. The number of aromatic nitrogens is 1. The van der Waals surface area contributed by atoms with E-state index in [0.717, 1.165) is 30.5 Å². The van der Waals surface area contributed by atoms with Crippen LogP contribution in [0, 0.1) is 0 Å². The van der Waals surface area contributed by atoms with Crippen LogP contribution in [-0.2, 0) is 0 Å². The second-order valence-corrected chi connectivity index (χ2v) is 4.43. The highest BCUT2D eigenvalue weighted by Crippen LogP contribution is 2.28. The zero-order chi connectivity index (χ0) is 18.5. The summed E-state index contributed by atoms with van der Waals surface area (Å²) in [5, 5.41) is 7.00. The summed E-state index contributed by atoms with van der Waals surface area (Å²) in [6.07, 6.45) is 3.85. The molecule has 3 aromatic rings. The summed E-state index contributed by atoms with van der Waals surface area (Å²) >= 11 is 0. The Hall–Kier alpha value is -3.12. The van der Waals surface area contributed by atoms with Gasteiger partial charge in [0.15, 0.2) is 18.4 Å². The maximum absolute atomic E-state index is 10.3. The molecule has 0 radical (unpaired) electrons. The molecule has 0 fully saturated rings. The quantitative estimate of drug-likeness (QED) is 0.731. The summed E-state index contributed by atoms with van der Waals surface area (Å²) in [5.74, 6) is 2.13. The van der Waals surface area contributed by atoms with E-state index in [9.17, 15) is 4.79 Å². The molecule has 2 aromatic carbocycles. The number of ether oxygens (including phenoxy) is 2. The predicted molar refractivity (Wildman–Crippen MR) is 95.0 cm³/mol. The SMILES string of the molecule is CO.COc1ccccc1-c1cnco1.COc1ccccc1C=O. The van der Waals surface area contributed by atoms with Gasteiger partial charge in [0, 0.05) is 7.11 Å². The molecule has 0 bridgehead atoms. The Morgan fingerprint density at radius 1 is 0.960 bits per heavy atom. The maximum atomic E-state index is 10.3. The van der Waals surface area contributed by atoms with Crippen LogP contribution in [0.3, 0.4) is 0 Å². The van der Waals surface area contributed by atoms with E-state index in [-0.39, 0.29) is 0 Å². The van der Waals surface area contributed by atoms with Crippen molar-refractivity contribution in [2.24, 2.45) is 0 Å². The third-order valence-electron chi connectivity index (χ3n) is 3.07. The lowest BCUT2D eigenvalue weighted by molar-refractivity contribution is 0.112. The van der Waals surface area contributed by atoms with Crippen LogP contribution < -0.4 is 9.47 Å². The number of hydrogen-bond acceptors (Lipinski definition) is 6.